The maximum atomic E-state index is 14.0. The number of phenolic OH excluding ortho intramolecular Hbond substituents is 2. The molecule has 22 heteroatoms. The van der Waals surface area contributed by atoms with E-state index in [1.807, 2.05) is 0 Å². The number of rotatable bonds is 15. The number of hydrogen-bond acceptors (Lipinski definition) is 20. The van der Waals surface area contributed by atoms with E-state index in [0.717, 1.165) is 5.06 Å². The van der Waals surface area contributed by atoms with Gasteiger partial charge in [0.05, 0.1) is 60.4 Å². The minimum atomic E-state index is -2.30. The van der Waals surface area contributed by atoms with Gasteiger partial charge in [0.2, 0.25) is 17.6 Å². The number of carbonyl (C=O) groups is 8. The summed E-state index contributed by atoms with van der Waals surface area (Å²) >= 11 is 1.19. The van der Waals surface area contributed by atoms with Crippen molar-refractivity contribution in [1.82, 2.24) is 15.3 Å². The number of amides is 3. The van der Waals surface area contributed by atoms with Crippen molar-refractivity contribution in [3.8, 4) is 30.1 Å². The van der Waals surface area contributed by atoms with E-state index in [0.29, 0.717) is 51.5 Å². The summed E-state index contributed by atoms with van der Waals surface area (Å²) in [5.74, 6) is -6.05. The van der Waals surface area contributed by atoms with Crippen molar-refractivity contribution in [2.45, 2.75) is 112 Å². The molecule has 3 aliphatic carbocycles. The molecular formula is C49H57N3O18S. The first kappa shape index (κ1) is 53.0. The lowest BCUT2D eigenvalue weighted by Crippen LogP contribution is -2.52. The SMILES string of the molecule is C#C.COc1cccc2c1C(=O)c1c(O)c3c(c(O)c1C2=O)C[C@@](O)(C(=O)CO)C[C@@H]3O[C@H]1CC[C@H](O[C@H]2NCCOC2SC2CC(=O)N(CC3CCC(C(=O)ON(C)C(=O)CCC=O)CC3)C2=O)CO1. The van der Waals surface area contributed by atoms with Crippen LogP contribution in [0.4, 0.5) is 0 Å². The quantitative estimate of drug-likeness (QED) is 0.0477. The number of aliphatic hydroxyl groups is 2. The standard InChI is InChI=1S/C47H55N3O18S.C2H2/c1-49(32(54)7-4-15-51)68-45(61)24-10-8-23(9-11-24)20-50-33(55)17-30(44(50)60)69-46-43(48-14-16-64-46)66-25-12-13-34(65-22-25)67-29-19-47(62,31(53)21-52)18-27-36(29)42(59)38-37(40(27)57)39(56)26-5-3-6-28(63-2)35(26)41(38)58;1-2/h3,5-6,15,23-25,29-30,34,43,46,48,52,57,59,62H,4,7-14,16-22H2,1-2H3;1-2H/t23?,24?,25-,29-,30?,34-,43+,46?,47-;/m0./s1. The van der Waals surface area contributed by atoms with Crippen LogP contribution in [0.1, 0.15) is 113 Å². The van der Waals surface area contributed by atoms with Crippen LogP contribution in [0.5, 0.6) is 17.2 Å². The highest BCUT2D eigenvalue weighted by Crippen LogP contribution is 2.52. The van der Waals surface area contributed by atoms with Gasteiger partial charge < -0.3 is 53.7 Å². The molecule has 382 valence electrons. The lowest BCUT2D eigenvalue weighted by Gasteiger charge is -2.41. The van der Waals surface area contributed by atoms with Crippen LogP contribution in [-0.2, 0) is 59.0 Å². The first-order chi connectivity index (χ1) is 34.1. The fourth-order valence-corrected chi connectivity index (χ4v) is 11.3. The number of methoxy groups -OCH3 is 1. The molecular weight excluding hydrogens is 951 g/mol. The number of Topliss-reactive ketones (excluding diaryl/α,β-unsaturated/α-hetero) is 1. The van der Waals surface area contributed by atoms with E-state index in [9.17, 15) is 58.8 Å². The molecule has 7 atom stereocenters. The van der Waals surface area contributed by atoms with Gasteiger partial charge >= 0.3 is 5.97 Å². The van der Waals surface area contributed by atoms with Gasteiger partial charge in [-0.2, -0.15) is 5.06 Å². The molecule has 3 heterocycles. The van der Waals surface area contributed by atoms with Gasteiger partial charge in [-0.3, -0.25) is 39.0 Å². The summed E-state index contributed by atoms with van der Waals surface area (Å²) in [7, 11) is 2.64. The van der Waals surface area contributed by atoms with Crippen LogP contribution in [0.25, 0.3) is 0 Å². The summed E-state index contributed by atoms with van der Waals surface area (Å²) in [5, 5.41) is 48.3. The van der Waals surface area contributed by atoms with Gasteiger partial charge in [0.25, 0.3) is 5.91 Å². The van der Waals surface area contributed by atoms with Gasteiger partial charge in [0.15, 0.2) is 17.9 Å². The number of aliphatic hydroxyl groups excluding tert-OH is 1. The summed E-state index contributed by atoms with van der Waals surface area (Å²) in [6.45, 7) is -0.102. The number of nitrogens with one attached hydrogen (secondary N) is 1. The predicted octanol–water partition coefficient (Wildman–Crippen LogP) is 1.78. The molecule has 2 aromatic carbocycles. The van der Waals surface area contributed by atoms with Crippen LogP contribution in [0, 0.1) is 24.7 Å². The van der Waals surface area contributed by atoms with Crippen LogP contribution in [0.2, 0.25) is 0 Å². The number of imide groups is 1. The number of carbonyl (C=O) groups excluding carboxylic acids is 8. The Balaban J connectivity index is 0.00000366. The van der Waals surface area contributed by atoms with Crippen LogP contribution in [-0.4, -0.2) is 160 Å². The number of likely N-dealkylation sites (tertiary alicyclic amines) is 1. The number of terminal acetylenes is 1. The topological polar surface area (TPSA) is 291 Å². The van der Waals surface area contributed by atoms with Gasteiger partial charge in [-0.1, -0.05) is 12.1 Å². The van der Waals surface area contributed by atoms with Crippen molar-refractivity contribution in [1.29, 1.82) is 0 Å². The molecule has 0 aromatic heterocycles. The maximum absolute atomic E-state index is 14.0. The number of aldehydes is 1. The van der Waals surface area contributed by atoms with Gasteiger partial charge in [-0.25, -0.2) is 4.79 Å². The number of hydrogen-bond donors (Lipinski definition) is 5. The monoisotopic (exact) mass is 1010 g/mol. The average molecular weight is 1010 g/mol. The maximum Gasteiger partial charge on any atom is 0.335 e. The predicted molar refractivity (Wildman–Crippen MR) is 246 cm³/mol. The Hall–Kier alpha value is -5.77. The van der Waals surface area contributed by atoms with Crippen molar-refractivity contribution in [3.05, 3.63) is 51.6 Å². The molecule has 71 heavy (non-hydrogen) atoms. The van der Waals surface area contributed by atoms with Crippen molar-refractivity contribution in [2.24, 2.45) is 11.8 Å². The Kier molecular flexibility index (Phi) is 17.0. The molecule has 3 saturated heterocycles. The first-order valence-corrected chi connectivity index (χ1v) is 24.3. The number of morpholine rings is 1. The Morgan fingerprint density at radius 1 is 0.986 bits per heavy atom. The third kappa shape index (κ3) is 10.9. The number of fused-ring (bicyclic) bond motifs is 3. The Labute approximate surface area is 412 Å². The summed E-state index contributed by atoms with van der Waals surface area (Å²) in [6.07, 6.45) is 6.44. The van der Waals surface area contributed by atoms with Gasteiger partial charge in [-0.15, -0.1) is 24.6 Å². The zero-order valence-electron chi connectivity index (χ0n) is 39.2. The van der Waals surface area contributed by atoms with Crippen molar-refractivity contribution < 1.29 is 87.3 Å². The second-order valence-corrected chi connectivity index (χ2v) is 19.4. The number of thioether (sulfide) groups is 1. The van der Waals surface area contributed by atoms with E-state index in [-0.39, 0.29) is 84.6 Å². The number of benzene rings is 2. The fraction of sp³-hybridized carbons (Fsp3) is 0.551. The van der Waals surface area contributed by atoms with Crippen molar-refractivity contribution >= 4 is 59.1 Å². The van der Waals surface area contributed by atoms with Gasteiger partial charge in [0.1, 0.15) is 47.4 Å². The summed E-state index contributed by atoms with van der Waals surface area (Å²) in [4.78, 5) is 109. The molecule has 3 amide bonds. The van der Waals surface area contributed by atoms with Gasteiger partial charge in [-0.05, 0) is 44.1 Å². The Morgan fingerprint density at radius 2 is 1.72 bits per heavy atom. The fourth-order valence-electron chi connectivity index (χ4n) is 10.0. The third-order valence-electron chi connectivity index (χ3n) is 13.7. The molecule has 0 spiro atoms. The van der Waals surface area contributed by atoms with Crippen LogP contribution in [0.3, 0.4) is 0 Å². The minimum absolute atomic E-state index is 0.0184. The molecule has 0 bridgehead atoms. The number of hydroxylamine groups is 2. The van der Waals surface area contributed by atoms with E-state index < -0.39 is 118 Å². The van der Waals surface area contributed by atoms with E-state index in [1.54, 1.807) is 0 Å². The molecule has 8 rings (SSSR count). The Morgan fingerprint density at radius 3 is 2.39 bits per heavy atom. The van der Waals surface area contributed by atoms with E-state index in [2.05, 4.69) is 18.2 Å². The molecule has 6 aliphatic rings. The second kappa shape index (κ2) is 22.8. The molecule has 0 radical (unpaired) electrons. The molecule has 5 N–H and O–H groups in total. The normalized spacial score (nSPS) is 28.1. The van der Waals surface area contributed by atoms with Crippen molar-refractivity contribution in [3.63, 3.8) is 0 Å². The number of ketones is 3. The van der Waals surface area contributed by atoms with Crippen LogP contribution < -0.4 is 10.1 Å². The lowest BCUT2D eigenvalue weighted by molar-refractivity contribution is -0.235. The zero-order chi connectivity index (χ0) is 51.3. The number of aromatic hydroxyl groups is 2. The summed E-state index contributed by atoms with van der Waals surface area (Å²) < 4.78 is 30.2. The highest BCUT2D eigenvalue weighted by atomic mass is 32.2. The zero-order valence-corrected chi connectivity index (χ0v) is 40.0. The van der Waals surface area contributed by atoms with E-state index >= 15 is 0 Å². The van der Waals surface area contributed by atoms with Gasteiger partial charge in [0, 0.05) is 75.4 Å². The first-order valence-electron chi connectivity index (χ1n) is 23.3. The molecule has 21 nitrogen and oxygen atoms in total. The molecule has 2 unspecified atom stereocenters. The smallest absolute Gasteiger partial charge is 0.335 e. The summed E-state index contributed by atoms with van der Waals surface area (Å²) in [5.41, 5.74) is -4.48. The molecule has 4 fully saturated rings. The third-order valence-corrected chi connectivity index (χ3v) is 15.1. The highest BCUT2D eigenvalue weighted by molar-refractivity contribution is 8.01. The second-order valence-electron chi connectivity index (χ2n) is 18.1. The highest BCUT2D eigenvalue weighted by Gasteiger charge is 2.50. The van der Waals surface area contributed by atoms with E-state index in [4.69, 9.17) is 28.5 Å². The molecule has 2 aromatic rings. The average Bonchev–Trinajstić information content (AvgIpc) is 3.63. The Bertz CT molecular complexity index is 2450. The van der Waals surface area contributed by atoms with Crippen LogP contribution >= 0.6 is 11.8 Å². The minimum Gasteiger partial charge on any atom is -0.507 e. The molecule has 3 aliphatic heterocycles. The summed E-state index contributed by atoms with van der Waals surface area (Å²) in [6, 6.07) is 4.35. The van der Waals surface area contributed by atoms with Crippen LogP contribution in [0.15, 0.2) is 18.2 Å². The molecule has 1 saturated carbocycles. The largest absolute Gasteiger partial charge is 0.507 e. The lowest BCUT2D eigenvalue weighted by atomic mass is 9.72. The number of nitrogens with zero attached hydrogens (tertiary/aromatic N) is 2. The number of phenols is 2. The number of ether oxygens (including phenoxy) is 5. The van der Waals surface area contributed by atoms with E-state index in [1.165, 1.54) is 49.0 Å². The van der Waals surface area contributed by atoms with Crippen molar-refractivity contribution in [2.75, 3.05) is 47.1 Å².